The summed E-state index contributed by atoms with van der Waals surface area (Å²) in [6, 6.07) is 5.92. The summed E-state index contributed by atoms with van der Waals surface area (Å²) in [5.74, 6) is 1.95. The first-order valence-corrected chi connectivity index (χ1v) is 7.75. The molecule has 0 radical (unpaired) electrons. The van der Waals surface area contributed by atoms with E-state index in [1.54, 1.807) is 23.8 Å². The van der Waals surface area contributed by atoms with Gasteiger partial charge in [0.15, 0.2) is 5.16 Å². The van der Waals surface area contributed by atoms with Crippen LogP contribution < -0.4 is 9.64 Å². The number of nitrogens with zero attached hydrogens (tertiary/aromatic N) is 1. The van der Waals surface area contributed by atoms with Crippen molar-refractivity contribution in [2.75, 3.05) is 32.5 Å². The lowest BCUT2D eigenvalue weighted by molar-refractivity contribution is -0.893. The molecular formula is C14H22N3OS+. The van der Waals surface area contributed by atoms with Gasteiger partial charge >= 0.3 is 0 Å². The summed E-state index contributed by atoms with van der Waals surface area (Å²) in [6.07, 6.45) is 0. The molecule has 104 valence electrons. The molecule has 0 saturated carbocycles. The van der Waals surface area contributed by atoms with Gasteiger partial charge in [-0.3, -0.25) is 0 Å². The highest BCUT2D eigenvalue weighted by molar-refractivity contribution is 7.99. The number of nitrogens with one attached hydrogen (secondary N) is 2. The summed E-state index contributed by atoms with van der Waals surface area (Å²) < 4.78 is 5.22. The second-order valence-corrected chi connectivity index (χ2v) is 5.56. The molecule has 1 heterocycles. The number of thioether (sulfide) groups is 1. The van der Waals surface area contributed by atoms with Crippen molar-refractivity contribution in [2.45, 2.75) is 19.0 Å². The number of H-pyrrole nitrogens is 1. The highest BCUT2D eigenvalue weighted by Gasteiger charge is 2.07. The second kappa shape index (κ2) is 6.82. The lowest BCUT2D eigenvalue weighted by Gasteiger charge is -2.13. The van der Waals surface area contributed by atoms with Crippen molar-refractivity contribution in [3.05, 3.63) is 18.2 Å². The first-order valence-electron chi connectivity index (χ1n) is 6.77. The van der Waals surface area contributed by atoms with Gasteiger partial charge in [0.05, 0.1) is 43.5 Å². The topological polar surface area (TPSA) is 42.4 Å². The van der Waals surface area contributed by atoms with Gasteiger partial charge in [0.2, 0.25) is 0 Å². The quantitative estimate of drug-likeness (QED) is 0.757. The lowest BCUT2D eigenvalue weighted by atomic mass is 10.3. The maximum Gasteiger partial charge on any atom is 0.166 e. The summed E-state index contributed by atoms with van der Waals surface area (Å²) in [6.45, 7) is 8.02. The maximum atomic E-state index is 5.22. The Morgan fingerprint density at radius 3 is 2.79 bits per heavy atom. The molecule has 0 aliphatic carbocycles. The van der Waals surface area contributed by atoms with Crippen LogP contribution in [0.2, 0.25) is 0 Å². The number of quaternary nitrogens is 1. The molecule has 19 heavy (non-hydrogen) atoms. The number of methoxy groups -OCH3 is 1. The van der Waals surface area contributed by atoms with Crippen LogP contribution in [0.15, 0.2) is 23.4 Å². The fourth-order valence-corrected chi connectivity index (χ4v) is 2.99. The number of fused-ring (bicyclic) bond motifs is 1. The van der Waals surface area contributed by atoms with Crippen LogP contribution in [0.25, 0.3) is 11.0 Å². The largest absolute Gasteiger partial charge is 0.497 e. The van der Waals surface area contributed by atoms with Gasteiger partial charge in [-0.1, -0.05) is 11.8 Å². The highest BCUT2D eigenvalue weighted by atomic mass is 32.2. The van der Waals surface area contributed by atoms with E-state index >= 15 is 0 Å². The number of imidazole rings is 1. The third kappa shape index (κ3) is 3.64. The Kier molecular flexibility index (Phi) is 5.10. The smallest absolute Gasteiger partial charge is 0.166 e. The molecule has 0 atom stereocenters. The average Bonchev–Trinajstić information content (AvgIpc) is 2.85. The van der Waals surface area contributed by atoms with Crippen molar-refractivity contribution in [1.29, 1.82) is 0 Å². The third-order valence-electron chi connectivity index (χ3n) is 3.36. The Morgan fingerprint density at radius 1 is 1.32 bits per heavy atom. The normalized spacial score (nSPS) is 11.4. The van der Waals surface area contributed by atoms with E-state index in [1.165, 1.54) is 19.6 Å². The molecule has 0 bridgehead atoms. The zero-order valence-electron chi connectivity index (χ0n) is 11.8. The molecular weight excluding hydrogens is 258 g/mol. The van der Waals surface area contributed by atoms with E-state index in [4.69, 9.17) is 4.74 Å². The van der Waals surface area contributed by atoms with Gasteiger partial charge in [-0.15, -0.1) is 0 Å². The Labute approximate surface area is 118 Å². The number of hydrogen-bond acceptors (Lipinski definition) is 3. The van der Waals surface area contributed by atoms with E-state index in [-0.39, 0.29) is 0 Å². The van der Waals surface area contributed by atoms with Crippen molar-refractivity contribution < 1.29 is 9.64 Å². The van der Waals surface area contributed by atoms with Crippen LogP contribution in [0.4, 0.5) is 0 Å². The molecule has 0 saturated heterocycles. The number of ether oxygens (including phenoxy) is 1. The number of hydrogen-bond donors (Lipinski definition) is 2. The van der Waals surface area contributed by atoms with Crippen molar-refractivity contribution in [3.8, 4) is 5.75 Å². The van der Waals surface area contributed by atoms with E-state index in [2.05, 4.69) is 23.8 Å². The van der Waals surface area contributed by atoms with E-state index in [9.17, 15) is 0 Å². The Bertz CT molecular complexity index is 522. The molecule has 0 aliphatic rings. The zero-order valence-corrected chi connectivity index (χ0v) is 12.6. The molecule has 1 aromatic heterocycles. The van der Waals surface area contributed by atoms with Crippen molar-refractivity contribution in [3.63, 3.8) is 0 Å². The van der Waals surface area contributed by atoms with Gasteiger partial charge in [-0.2, -0.15) is 0 Å². The maximum absolute atomic E-state index is 5.22. The number of aromatic nitrogens is 2. The Hall–Kier alpha value is -1.20. The number of aromatic amines is 1. The van der Waals surface area contributed by atoms with Crippen LogP contribution >= 0.6 is 11.8 Å². The molecule has 4 nitrogen and oxygen atoms in total. The van der Waals surface area contributed by atoms with Gasteiger partial charge < -0.3 is 14.6 Å². The summed E-state index contributed by atoms with van der Waals surface area (Å²) in [5.41, 5.74) is 2.04. The minimum atomic E-state index is 0.861. The molecule has 0 aliphatic heterocycles. The predicted octanol–water partition coefficient (Wildman–Crippen LogP) is 1.59. The van der Waals surface area contributed by atoms with Gasteiger partial charge in [-0.25, -0.2) is 4.98 Å². The van der Waals surface area contributed by atoms with E-state index in [1.807, 2.05) is 18.2 Å². The predicted molar refractivity (Wildman–Crippen MR) is 80.3 cm³/mol. The van der Waals surface area contributed by atoms with Crippen LogP contribution in [0, 0.1) is 0 Å². The van der Waals surface area contributed by atoms with E-state index in [0.717, 1.165) is 27.7 Å². The molecule has 2 aromatic rings. The van der Waals surface area contributed by atoms with E-state index in [0.29, 0.717) is 0 Å². The number of benzene rings is 1. The van der Waals surface area contributed by atoms with Gasteiger partial charge in [0.1, 0.15) is 5.75 Å². The average molecular weight is 280 g/mol. The van der Waals surface area contributed by atoms with E-state index < -0.39 is 0 Å². The first kappa shape index (κ1) is 14.2. The second-order valence-electron chi connectivity index (χ2n) is 4.48. The van der Waals surface area contributed by atoms with Crippen LogP contribution in [0.3, 0.4) is 0 Å². The molecule has 0 amide bonds. The van der Waals surface area contributed by atoms with Crippen molar-refractivity contribution >= 4 is 22.8 Å². The molecule has 1 aromatic carbocycles. The summed E-state index contributed by atoms with van der Waals surface area (Å²) >= 11 is 1.79. The van der Waals surface area contributed by atoms with Crippen LogP contribution in [0.5, 0.6) is 5.75 Å². The van der Waals surface area contributed by atoms with Crippen LogP contribution in [-0.4, -0.2) is 42.5 Å². The Morgan fingerprint density at radius 2 is 2.11 bits per heavy atom. The summed E-state index contributed by atoms with van der Waals surface area (Å²) in [7, 11) is 1.68. The lowest BCUT2D eigenvalue weighted by Crippen LogP contribution is -3.11. The van der Waals surface area contributed by atoms with Crippen molar-refractivity contribution in [1.82, 2.24) is 9.97 Å². The molecule has 0 unspecified atom stereocenters. The first-order chi connectivity index (χ1) is 9.26. The third-order valence-corrected chi connectivity index (χ3v) is 4.24. The fourth-order valence-electron chi connectivity index (χ4n) is 2.06. The zero-order chi connectivity index (χ0) is 13.7. The molecule has 0 fully saturated rings. The minimum Gasteiger partial charge on any atom is -0.497 e. The Balaban J connectivity index is 1.97. The molecule has 5 heteroatoms. The monoisotopic (exact) mass is 280 g/mol. The summed E-state index contributed by atoms with van der Waals surface area (Å²) in [5, 5.41) is 0.995. The van der Waals surface area contributed by atoms with Gasteiger partial charge in [-0.05, 0) is 26.0 Å². The fraction of sp³-hybridized carbons (Fsp3) is 0.500. The molecule has 0 spiro atoms. The molecule has 2 N–H and O–H groups in total. The van der Waals surface area contributed by atoms with Crippen LogP contribution in [0.1, 0.15) is 13.8 Å². The molecule has 2 rings (SSSR count). The summed E-state index contributed by atoms with van der Waals surface area (Å²) in [4.78, 5) is 9.55. The van der Waals surface area contributed by atoms with Gasteiger partial charge in [0, 0.05) is 6.07 Å². The van der Waals surface area contributed by atoms with Gasteiger partial charge in [0.25, 0.3) is 0 Å². The standard InChI is InChI=1S/C14H21N3OS/c1-4-17(5-2)8-9-19-14-15-12-7-6-11(18-3)10-13(12)16-14/h6-7,10H,4-5,8-9H2,1-3H3,(H,15,16)/p+1. The van der Waals surface area contributed by atoms with Crippen LogP contribution in [-0.2, 0) is 0 Å². The number of rotatable bonds is 7. The highest BCUT2D eigenvalue weighted by Crippen LogP contribution is 2.22. The van der Waals surface area contributed by atoms with Crippen molar-refractivity contribution in [2.24, 2.45) is 0 Å². The SMILES string of the molecule is CC[NH+](CC)CCSc1nc2ccc(OC)cc2[nH]1. The minimum absolute atomic E-state index is 0.861.